The first kappa shape index (κ1) is 12.3. The van der Waals surface area contributed by atoms with Crippen LogP contribution in [0.2, 0.25) is 0 Å². The van der Waals surface area contributed by atoms with E-state index in [1.807, 2.05) is 0 Å². The molecular weight excluding hydrogens is 242 g/mol. The number of anilines is 2. The normalized spacial score (nSPS) is 10.4. The monoisotopic (exact) mass is 254 g/mol. The van der Waals surface area contributed by atoms with Gasteiger partial charge in [-0.05, 0) is 6.92 Å². The molecule has 0 saturated heterocycles. The van der Waals surface area contributed by atoms with Crippen LogP contribution < -0.4 is 10.6 Å². The van der Waals surface area contributed by atoms with Crippen LogP contribution in [0.15, 0.2) is 16.7 Å². The number of halogens is 2. The molecule has 18 heavy (non-hydrogen) atoms. The van der Waals surface area contributed by atoms with Gasteiger partial charge in [0.05, 0.1) is 6.54 Å². The first-order valence-corrected chi connectivity index (χ1v) is 5.30. The third-order valence-electron chi connectivity index (χ3n) is 2.28. The molecular formula is C11H12F2N4O. The van der Waals surface area contributed by atoms with Gasteiger partial charge in [0.25, 0.3) is 0 Å². The Hall–Kier alpha value is -2.18. The number of hydrogen-bond acceptors (Lipinski definition) is 5. The third-order valence-corrected chi connectivity index (χ3v) is 2.28. The highest BCUT2D eigenvalue weighted by Gasteiger charge is 2.11. The molecule has 2 rings (SSSR count). The summed E-state index contributed by atoms with van der Waals surface area (Å²) in [5.41, 5.74) is 0.615. The minimum absolute atomic E-state index is 0.0183. The van der Waals surface area contributed by atoms with Gasteiger partial charge < -0.3 is 15.2 Å². The maximum Gasteiger partial charge on any atom is 0.168 e. The summed E-state index contributed by atoms with van der Waals surface area (Å²) in [6.07, 6.45) is 0. The van der Waals surface area contributed by atoms with Crippen LogP contribution in [0.1, 0.15) is 11.5 Å². The van der Waals surface area contributed by atoms with E-state index < -0.39 is 11.6 Å². The summed E-state index contributed by atoms with van der Waals surface area (Å²) < 4.78 is 31.5. The quantitative estimate of drug-likeness (QED) is 0.876. The van der Waals surface area contributed by atoms with E-state index in [0.717, 1.165) is 6.07 Å². The fourth-order valence-electron chi connectivity index (χ4n) is 1.44. The Labute approximate surface area is 102 Å². The number of pyridine rings is 1. The zero-order valence-corrected chi connectivity index (χ0v) is 9.92. The molecule has 7 heteroatoms. The van der Waals surface area contributed by atoms with Crippen LogP contribution in [0.5, 0.6) is 0 Å². The highest BCUT2D eigenvalue weighted by Crippen LogP contribution is 2.19. The lowest BCUT2D eigenvalue weighted by Crippen LogP contribution is -2.07. The highest BCUT2D eigenvalue weighted by molar-refractivity contribution is 5.47. The second kappa shape index (κ2) is 4.99. The van der Waals surface area contributed by atoms with Gasteiger partial charge in [-0.25, -0.2) is 13.8 Å². The van der Waals surface area contributed by atoms with Crippen molar-refractivity contribution >= 4 is 11.6 Å². The summed E-state index contributed by atoms with van der Waals surface area (Å²) in [6.45, 7) is 2.00. The van der Waals surface area contributed by atoms with Crippen molar-refractivity contribution < 1.29 is 13.3 Å². The molecule has 0 aliphatic heterocycles. The van der Waals surface area contributed by atoms with Gasteiger partial charge in [-0.2, -0.15) is 0 Å². The van der Waals surface area contributed by atoms with Crippen LogP contribution in [0.3, 0.4) is 0 Å². The number of nitrogens with zero attached hydrogens (tertiary/aromatic N) is 2. The van der Waals surface area contributed by atoms with Gasteiger partial charge >= 0.3 is 0 Å². The van der Waals surface area contributed by atoms with E-state index in [1.54, 1.807) is 13.0 Å². The molecule has 0 bridgehead atoms. The van der Waals surface area contributed by atoms with Crippen molar-refractivity contribution in [3.05, 3.63) is 35.2 Å². The first-order chi connectivity index (χ1) is 8.60. The van der Waals surface area contributed by atoms with E-state index in [0.29, 0.717) is 11.5 Å². The van der Waals surface area contributed by atoms with Crippen molar-refractivity contribution in [2.75, 3.05) is 17.7 Å². The Morgan fingerprint density at radius 1 is 1.22 bits per heavy atom. The van der Waals surface area contributed by atoms with Crippen LogP contribution in [0.25, 0.3) is 0 Å². The molecule has 0 saturated carbocycles. The first-order valence-electron chi connectivity index (χ1n) is 5.30. The zero-order valence-electron chi connectivity index (χ0n) is 9.92. The summed E-state index contributed by atoms with van der Waals surface area (Å²) in [5.74, 6) is -0.892. The lowest BCUT2D eigenvalue weighted by Gasteiger charge is -2.07. The Morgan fingerprint density at radius 2 is 1.94 bits per heavy atom. The van der Waals surface area contributed by atoms with Crippen molar-refractivity contribution in [1.82, 2.24) is 10.1 Å². The minimum Gasteiger partial charge on any atom is -0.371 e. The van der Waals surface area contributed by atoms with Gasteiger partial charge in [-0.3, -0.25) is 0 Å². The molecule has 0 radical (unpaired) electrons. The minimum atomic E-state index is -0.758. The van der Waals surface area contributed by atoms with Crippen LogP contribution in [0, 0.1) is 18.6 Å². The molecule has 0 fully saturated rings. The summed E-state index contributed by atoms with van der Waals surface area (Å²) in [4.78, 5) is 3.78. The molecule has 0 aliphatic rings. The van der Waals surface area contributed by atoms with Crippen LogP contribution >= 0.6 is 0 Å². The SMILES string of the molecule is CNc1nc(NCc2cc(C)on2)c(F)cc1F. The molecule has 2 aromatic rings. The van der Waals surface area contributed by atoms with Crippen LogP contribution in [0.4, 0.5) is 20.4 Å². The van der Waals surface area contributed by atoms with Crippen LogP contribution in [-0.2, 0) is 6.54 Å². The maximum absolute atomic E-state index is 13.4. The molecule has 5 nitrogen and oxygen atoms in total. The molecule has 0 atom stereocenters. The predicted octanol–water partition coefficient (Wildman–Crippen LogP) is 2.31. The molecule has 0 aliphatic carbocycles. The van der Waals surface area contributed by atoms with Gasteiger partial charge in [0.15, 0.2) is 23.3 Å². The molecule has 2 aromatic heterocycles. The highest BCUT2D eigenvalue weighted by atomic mass is 19.1. The Balaban J connectivity index is 2.13. The number of hydrogen-bond donors (Lipinski definition) is 2. The topological polar surface area (TPSA) is 63.0 Å². The second-order valence-electron chi connectivity index (χ2n) is 3.68. The predicted molar refractivity (Wildman–Crippen MR) is 62.3 cm³/mol. The van der Waals surface area contributed by atoms with Gasteiger partial charge in [0.1, 0.15) is 11.5 Å². The molecule has 0 unspecified atom stereocenters. The fraction of sp³-hybridized carbons (Fsp3) is 0.273. The van der Waals surface area contributed by atoms with Gasteiger partial charge in [0, 0.05) is 19.2 Å². The second-order valence-corrected chi connectivity index (χ2v) is 3.68. The van der Waals surface area contributed by atoms with Gasteiger partial charge in [0.2, 0.25) is 0 Å². The zero-order chi connectivity index (χ0) is 13.1. The van der Waals surface area contributed by atoms with Gasteiger partial charge in [-0.1, -0.05) is 5.16 Å². The van der Waals surface area contributed by atoms with Crippen molar-refractivity contribution in [2.45, 2.75) is 13.5 Å². The Kier molecular flexibility index (Phi) is 3.40. The maximum atomic E-state index is 13.4. The molecule has 2 heterocycles. The summed E-state index contributed by atoms with van der Waals surface area (Å²) >= 11 is 0. The van der Waals surface area contributed by atoms with Crippen molar-refractivity contribution in [1.29, 1.82) is 0 Å². The van der Waals surface area contributed by atoms with E-state index in [2.05, 4.69) is 20.8 Å². The summed E-state index contributed by atoms with van der Waals surface area (Å²) in [6, 6.07) is 2.49. The lowest BCUT2D eigenvalue weighted by atomic mass is 10.3. The Morgan fingerprint density at radius 3 is 2.56 bits per heavy atom. The van der Waals surface area contributed by atoms with E-state index in [-0.39, 0.29) is 18.2 Å². The fourth-order valence-corrected chi connectivity index (χ4v) is 1.44. The average molecular weight is 254 g/mol. The molecule has 2 N–H and O–H groups in total. The van der Waals surface area contributed by atoms with E-state index in [9.17, 15) is 8.78 Å². The standard InChI is InChI=1S/C11H12F2N4O/c1-6-3-7(17-18-6)5-15-11-9(13)4-8(12)10(14-2)16-11/h3-4H,5H2,1-2H3,(H2,14,15,16). The number of nitrogens with one attached hydrogen (secondary N) is 2. The Bertz CT molecular complexity index is 556. The molecule has 0 aromatic carbocycles. The number of rotatable bonds is 4. The van der Waals surface area contributed by atoms with Crippen molar-refractivity contribution in [3.63, 3.8) is 0 Å². The van der Waals surface area contributed by atoms with E-state index in [4.69, 9.17) is 4.52 Å². The van der Waals surface area contributed by atoms with Crippen molar-refractivity contribution in [3.8, 4) is 0 Å². The smallest absolute Gasteiger partial charge is 0.168 e. The largest absolute Gasteiger partial charge is 0.371 e. The summed E-state index contributed by atoms with van der Waals surface area (Å²) in [7, 11) is 1.51. The molecule has 0 spiro atoms. The average Bonchev–Trinajstić information content (AvgIpc) is 2.74. The van der Waals surface area contributed by atoms with Crippen LogP contribution in [-0.4, -0.2) is 17.2 Å². The third kappa shape index (κ3) is 2.55. The molecule has 96 valence electrons. The summed E-state index contributed by atoms with van der Waals surface area (Å²) in [5, 5.41) is 9.01. The lowest BCUT2D eigenvalue weighted by molar-refractivity contribution is 0.391. The molecule has 0 amide bonds. The van der Waals surface area contributed by atoms with E-state index in [1.165, 1.54) is 7.05 Å². The number of aromatic nitrogens is 2. The van der Waals surface area contributed by atoms with Gasteiger partial charge in [-0.15, -0.1) is 0 Å². The van der Waals surface area contributed by atoms with E-state index >= 15 is 0 Å². The number of aryl methyl sites for hydroxylation is 1. The van der Waals surface area contributed by atoms with Crippen molar-refractivity contribution in [2.24, 2.45) is 0 Å².